The summed E-state index contributed by atoms with van der Waals surface area (Å²) in [5, 5.41) is -0.634. The molecule has 1 rings (SSSR count). The summed E-state index contributed by atoms with van der Waals surface area (Å²) in [6.07, 6.45) is 0. The number of ether oxygens (including phenoxy) is 2. The normalized spacial score (nSPS) is 11.9. The number of hydrogen-bond acceptors (Lipinski definition) is 4. The summed E-state index contributed by atoms with van der Waals surface area (Å²) in [5.41, 5.74) is 5.83. The first kappa shape index (κ1) is 11.7. The molecular formula is C10H13NO3S. The van der Waals surface area contributed by atoms with Crippen LogP contribution in [0.1, 0.15) is 10.8 Å². The van der Waals surface area contributed by atoms with Gasteiger partial charge in [0.2, 0.25) is 5.91 Å². The number of rotatable bonds is 4. The molecule has 5 heteroatoms. The van der Waals surface area contributed by atoms with Crippen molar-refractivity contribution >= 4 is 18.5 Å². The van der Waals surface area contributed by atoms with Gasteiger partial charge < -0.3 is 15.2 Å². The van der Waals surface area contributed by atoms with E-state index < -0.39 is 11.2 Å². The molecule has 2 N–H and O–H groups in total. The molecule has 1 aromatic carbocycles. The zero-order chi connectivity index (χ0) is 11.4. The Hall–Kier alpha value is -1.36. The Bertz CT molecular complexity index is 368. The van der Waals surface area contributed by atoms with E-state index in [4.69, 9.17) is 15.2 Å². The predicted molar refractivity (Wildman–Crippen MR) is 60.5 cm³/mol. The Labute approximate surface area is 93.8 Å². The number of nitrogens with two attached hydrogens (primary N) is 1. The van der Waals surface area contributed by atoms with Crippen LogP contribution in [0.15, 0.2) is 18.2 Å². The first-order chi connectivity index (χ1) is 7.10. The maximum Gasteiger partial charge on any atom is 0.234 e. The fourth-order valence-corrected chi connectivity index (χ4v) is 1.35. The fourth-order valence-electron chi connectivity index (χ4n) is 1.19. The van der Waals surface area contributed by atoms with Crippen molar-refractivity contribution in [3.63, 3.8) is 0 Å². The van der Waals surface area contributed by atoms with E-state index >= 15 is 0 Å². The maximum atomic E-state index is 10.9. The molecule has 0 aliphatic carbocycles. The number of primary amides is 1. The van der Waals surface area contributed by atoms with Gasteiger partial charge in [0.05, 0.1) is 14.2 Å². The van der Waals surface area contributed by atoms with Crippen LogP contribution in [0.25, 0.3) is 0 Å². The van der Waals surface area contributed by atoms with Gasteiger partial charge in [0.15, 0.2) is 11.5 Å². The Balaban J connectivity index is 3.07. The highest BCUT2D eigenvalue weighted by molar-refractivity contribution is 7.81. The minimum atomic E-state index is -0.634. The summed E-state index contributed by atoms with van der Waals surface area (Å²) in [6, 6.07) is 5.12. The summed E-state index contributed by atoms with van der Waals surface area (Å²) in [4.78, 5) is 10.9. The Morgan fingerprint density at radius 2 is 1.93 bits per heavy atom. The van der Waals surface area contributed by atoms with Crippen LogP contribution in [0.5, 0.6) is 11.5 Å². The zero-order valence-electron chi connectivity index (χ0n) is 8.56. The second-order valence-electron chi connectivity index (χ2n) is 2.92. The lowest BCUT2D eigenvalue weighted by Gasteiger charge is -2.11. The van der Waals surface area contributed by atoms with Gasteiger partial charge in [-0.05, 0) is 17.7 Å². The molecule has 82 valence electrons. The minimum Gasteiger partial charge on any atom is -0.493 e. The van der Waals surface area contributed by atoms with E-state index in [0.717, 1.165) is 0 Å². The molecule has 0 fully saturated rings. The van der Waals surface area contributed by atoms with Gasteiger partial charge in [-0.3, -0.25) is 4.79 Å². The zero-order valence-corrected chi connectivity index (χ0v) is 9.45. The van der Waals surface area contributed by atoms with Gasteiger partial charge in [-0.2, -0.15) is 12.6 Å². The standard InChI is InChI=1S/C10H13NO3S/c1-13-7-4-3-6(5-8(7)14-2)9(15)10(11)12/h3-5,9,15H,1-2H3,(H2,11,12)/t9-/m1/s1. The highest BCUT2D eigenvalue weighted by Crippen LogP contribution is 2.31. The topological polar surface area (TPSA) is 61.5 Å². The van der Waals surface area contributed by atoms with Crippen LogP contribution in [0, 0.1) is 0 Å². The summed E-state index contributed by atoms with van der Waals surface area (Å²) in [5.74, 6) is 0.659. The van der Waals surface area contributed by atoms with Gasteiger partial charge in [-0.15, -0.1) is 0 Å². The molecule has 1 amide bonds. The van der Waals surface area contributed by atoms with E-state index in [9.17, 15) is 4.79 Å². The average molecular weight is 227 g/mol. The van der Waals surface area contributed by atoms with Gasteiger partial charge in [0.25, 0.3) is 0 Å². The SMILES string of the molecule is COc1ccc([C@@H](S)C(N)=O)cc1OC. The lowest BCUT2D eigenvalue weighted by atomic mass is 10.1. The second kappa shape index (κ2) is 4.93. The van der Waals surface area contributed by atoms with Gasteiger partial charge in [-0.1, -0.05) is 6.07 Å². The molecule has 0 heterocycles. The number of hydrogen-bond donors (Lipinski definition) is 2. The fraction of sp³-hybridized carbons (Fsp3) is 0.300. The van der Waals surface area contributed by atoms with Crippen molar-refractivity contribution in [2.45, 2.75) is 5.25 Å². The van der Waals surface area contributed by atoms with Crippen molar-refractivity contribution in [2.75, 3.05) is 14.2 Å². The van der Waals surface area contributed by atoms with E-state index in [0.29, 0.717) is 17.1 Å². The summed E-state index contributed by atoms with van der Waals surface area (Å²) in [6.45, 7) is 0. The van der Waals surface area contributed by atoms with Gasteiger partial charge >= 0.3 is 0 Å². The number of thiol groups is 1. The first-order valence-corrected chi connectivity index (χ1v) is 4.81. The molecule has 0 bridgehead atoms. The smallest absolute Gasteiger partial charge is 0.234 e. The highest BCUT2D eigenvalue weighted by atomic mass is 32.1. The maximum absolute atomic E-state index is 10.9. The second-order valence-corrected chi connectivity index (χ2v) is 3.44. The van der Waals surface area contributed by atoms with Crippen LogP contribution >= 0.6 is 12.6 Å². The average Bonchev–Trinajstić information content (AvgIpc) is 2.26. The number of methoxy groups -OCH3 is 2. The molecule has 0 saturated carbocycles. The van der Waals surface area contributed by atoms with Crippen molar-refractivity contribution in [3.05, 3.63) is 23.8 Å². The van der Waals surface area contributed by atoms with Gasteiger partial charge in [0.1, 0.15) is 5.25 Å². The van der Waals surface area contributed by atoms with E-state index in [1.807, 2.05) is 0 Å². The summed E-state index contributed by atoms with van der Waals surface area (Å²) in [7, 11) is 3.07. The third kappa shape index (κ3) is 2.56. The quantitative estimate of drug-likeness (QED) is 0.759. The van der Waals surface area contributed by atoms with E-state index in [1.54, 1.807) is 25.3 Å². The minimum absolute atomic E-state index is 0.495. The molecule has 0 spiro atoms. The lowest BCUT2D eigenvalue weighted by Crippen LogP contribution is -2.17. The molecule has 0 saturated heterocycles. The van der Waals surface area contributed by atoms with Crippen LogP contribution in [0.3, 0.4) is 0 Å². The number of amides is 1. The van der Waals surface area contributed by atoms with Crippen LogP contribution in [0.4, 0.5) is 0 Å². The molecule has 0 radical (unpaired) electrons. The molecule has 0 aromatic heterocycles. The molecule has 0 aliphatic rings. The number of carbonyl (C=O) groups excluding carboxylic acids is 1. The van der Waals surface area contributed by atoms with Crippen molar-refractivity contribution < 1.29 is 14.3 Å². The van der Waals surface area contributed by atoms with Crippen molar-refractivity contribution in [3.8, 4) is 11.5 Å². The Morgan fingerprint density at radius 1 is 1.33 bits per heavy atom. The molecule has 4 nitrogen and oxygen atoms in total. The van der Waals surface area contributed by atoms with Crippen LogP contribution < -0.4 is 15.2 Å². The van der Waals surface area contributed by atoms with Crippen molar-refractivity contribution in [1.82, 2.24) is 0 Å². The van der Waals surface area contributed by atoms with E-state index in [1.165, 1.54) is 7.11 Å². The van der Waals surface area contributed by atoms with Crippen LogP contribution in [-0.2, 0) is 4.79 Å². The molecule has 0 unspecified atom stereocenters. The van der Waals surface area contributed by atoms with E-state index in [2.05, 4.69) is 12.6 Å². The largest absolute Gasteiger partial charge is 0.493 e. The molecule has 15 heavy (non-hydrogen) atoms. The molecule has 1 aromatic rings. The van der Waals surface area contributed by atoms with Crippen molar-refractivity contribution in [1.29, 1.82) is 0 Å². The monoisotopic (exact) mass is 227 g/mol. The van der Waals surface area contributed by atoms with Crippen LogP contribution in [-0.4, -0.2) is 20.1 Å². The number of carbonyl (C=O) groups is 1. The van der Waals surface area contributed by atoms with Crippen molar-refractivity contribution in [2.24, 2.45) is 5.73 Å². The molecular weight excluding hydrogens is 214 g/mol. The third-order valence-electron chi connectivity index (χ3n) is 1.99. The van der Waals surface area contributed by atoms with Gasteiger partial charge in [-0.25, -0.2) is 0 Å². The predicted octanol–water partition coefficient (Wildman–Crippen LogP) is 1.16. The Morgan fingerprint density at radius 3 is 2.40 bits per heavy atom. The van der Waals surface area contributed by atoms with Gasteiger partial charge in [0, 0.05) is 0 Å². The lowest BCUT2D eigenvalue weighted by molar-refractivity contribution is -0.117. The summed E-state index contributed by atoms with van der Waals surface area (Å²) >= 11 is 4.09. The third-order valence-corrected chi connectivity index (χ3v) is 2.55. The first-order valence-electron chi connectivity index (χ1n) is 4.29. The molecule has 0 aliphatic heterocycles. The van der Waals surface area contributed by atoms with Crippen LogP contribution in [0.2, 0.25) is 0 Å². The number of benzene rings is 1. The van der Waals surface area contributed by atoms with E-state index in [-0.39, 0.29) is 0 Å². The Kier molecular flexibility index (Phi) is 3.85. The molecule has 1 atom stereocenters. The highest BCUT2D eigenvalue weighted by Gasteiger charge is 2.14. The summed E-state index contributed by atoms with van der Waals surface area (Å²) < 4.78 is 10.2.